The molecular formula is C14H18N2O. The van der Waals surface area contributed by atoms with Crippen LogP contribution in [0.5, 0.6) is 0 Å². The molecule has 17 heavy (non-hydrogen) atoms. The molecule has 1 aliphatic rings. The Labute approximate surface area is 102 Å². The lowest BCUT2D eigenvalue weighted by atomic mass is 10.2. The molecule has 0 saturated heterocycles. The minimum absolute atomic E-state index is 0.520. The third kappa shape index (κ3) is 3.21. The lowest BCUT2D eigenvalue weighted by Gasteiger charge is -2.22. The van der Waals surface area contributed by atoms with Crippen molar-refractivity contribution >= 4 is 5.69 Å². The summed E-state index contributed by atoms with van der Waals surface area (Å²) in [6.07, 6.45) is 9.27. The van der Waals surface area contributed by atoms with E-state index in [1.165, 1.54) is 12.8 Å². The summed E-state index contributed by atoms with van der Waals surface area (Å²) in [5, 5.41) is 9.40. The number of rotatable bonds is 5. The maximum atomic E-state index is 9.40. The molecule has 1 saturated carbocycles. The van der Waals surface area contributed by atoms with Crippen LogP contribution in [0.25, 0.3) is 0 Å². The molecule has 0 spiro atoms. The molecule has 90 valence electrons. The monoisotopic (exact) mass is 230 g/mol. The van der Waals surface area contributed by atoms with Gasteiger partial charge in [-0.05, 0) is 37.8 Å². The second-order valence-electron chi connectivity index (χ2n) is 4.65. The Hall–Kier alpha value is -1.53. The summed E-state index contributed by atoms with van der Waals surface area (Å²) in [5.74, 6) is 3.48. The molecule has 1 atom stereocenters. The van der Waals surface area contributed by atoms with Crippen molar-refractivity contribution in [3.05, 3.63) is 24.0 Å². The van der Waals surface area contributed by atoms with Gasteiger partial charge >= 0.3 is 0 Å². The third-order valence-corrected chi connectivity index (χ3v) is 3.02. The van der Waals surface area contributed by atoms with E-state index < -0.39 is 6.10 Å². The van der Waals surface area contributed by atoms with Crippen LogP contribution >= 0.6 is 0 Å². The van der Waals surface area contributed by atoms with Gasteiger partial charge < -0.3 is 10.0 Å². The highest BCUT2D eigenvalue weighted by Crippen LogP contribution is 2.31. The summed E-state index contributed by atoms with van der Waals surface area (Å²) < 4.78 is 0. The van der Waals surface area contributed by atoms with E-state index in [-0.39, 0.29) is 0 Å². The molecule has 0 radical (unpaired) electrons. The lowest BCUT2D eigenvalue weighted by Crippen LogP contribution is -2.26. The number of aliphatic hydroxyl groups excluding tert-OH is 1. The Balaban J connectivity index is 2.08. The van der Waals surface area contributed by atoms with E-state index >= 15 is 0 Å². The topological polar surface area (TPSA) is 36.4 Å². The number of hydrogen-bond acceptors (Lipinski definition) is 3. The molecule has 1 aromatic heterocycles. The van der Waals surface area contributed by atoms with Gasteiger partial charge in [-0.25, -0.2) is 0 Å². The summed E-state index contributed by atoms with van der Waals surface area (Å²) >= 11 is 0. The van der Waals surface area contributed by atoms with E-state index in [0.717, 1.165) is 18.2 Å². The summed E-state index contributed by atoms with van der Waals surface area (Å²) in [7, 11) is 0. The number of terminal acetylenes is 1. The van der Waals surface area contributed by atoms with Crippen LogP contribution in [-0.2, 0) is 0 Å². The van der Waals surface area contributed by atoms with E-state index in [1.807, 2.05) is 12.1 Å². The van der Waals surface area contributed by atoms with Crippen molar-refractivity contribution in [3.8, 4) is 12.3 Å². The SMILES string of the molecule is C#CCN(CC1CC1)c1ccc([C@@H](C)O)nc1. The van der Waals surface area contributed by atoms with Crippen LogP contribution in [0.4, 0.5) is 5.69 Å². The van der Waals surface area contributed by atoms with Crippen LogP contribution in [0, 0.1) is 18.3 Å². The Morgan fingerprint density at radius 3 is 2.82 bits per heavy atom. The molecule has 1 fully saturated rings. The van der Waals surface area contributed by atoms with Crippen LogP contribution in [0.2, 0.25) is 0 Å². The molecule has 0 amide bonds. The zero-order chi connectivity index (χ0) is 12.3. The van der Waals surface area contributed by atoms with Crippen LogP contribution in [-0.4, -0.2) is 23.2 Å². The van der Waals surface area contributed by atoms with Crippen LogP contribution < -0.4 is 4.90 Å². The first-order valence-corrected chi connectivity index (χ1v) is 6.03. The molecule has 0 aliphatic heterocycles. The first-order chi connectivity index (χ1) is 8.20. The van der Waals surface area contributed by atoms with Crippen LogP contribution in [0.1, 0.15) is 31.6 Å². The Bertz CT molecular complexity index is 401. The van der Waals surface area contributed by atoms with Gasteiger partial charge in [0.15, 0.2) is 0 Å². The molecule has 0 bridgehead atoms. The number of aromatic nitrogens is 1. The minimum Gasteiger partial charge on any atom is -0.387 e. The quantitative estimate of drug-likeness (QED) is 0.786. The van der Waals surface area contributed by atoms with Gasteiger partial charge in [-0.1, -0.05) is 5.92 Å². The summed E-state index contributed by atoms with van der Waals surface area (Å²) in [6, 6.07) is 3.84. The fourth-order valence-corrected chi connectivity index (χ4v) is 1.82. The number of pyridine rings is 1. The Kier molecular flexibility index (Phi) is 3.65. The first-order valence-electron chi connectivity index (χ1n) is 6.03. The summed E-state index contributed by atoms with van der Waals surface area (Å²) in [6.45, 7) is 3.34. The molecule has 1 aromatic rings. The van der Waals surface area contributed by atoms with Crippen molar-refractivity contribution in [2.45, 2.75) is 25.9 Å². The Morgan fingerprint density at radius 1 is 1.59 bits per heavy atom. The highest BCUT2D eigenvalue weighted by molar-refractivity contribution is 5.46. The number of aliphatic hydroxyl groups is 1. The third-order valence-electron chi connectivity index (χ3n) is 3.02. The molecular weight excluding hydrogens is 212 g/mol. The molecule has 1 heterocycles. The van der Waals surface area contributed by atoms with Crippen molar-refractivity contribution in [2.75, 3.05) is 18.0 Å². The smallest absolute Gasteiger partial charge is 0.0931 e. The van der Waals surface area contributed by atoms with Crippen molar-refractivity contribution < 1.29 is 5.11 Å². The molecule has 0 aromatic carbocycles. The van der Waals surface area contributed by atoms with Crippen LogP contribution in [0.15, 0.2) is 18.3 Å². The second-order valence-corrected chi connectivity index (χ2v) is 4.65. The maximum absolute atomic E-state index is 9.40. The standard InChI is InChI=1S/C14H18N2O/c1-3-8-16(10-12-4-5-12)13-6-7-14(11(2)17)15-9-13/h1,6-7,9,11-12,17H,4-5,8,10H2,2H3/t11-/m1/s1. The minimum atomic E-state index is -0.520. The van der Waals surface area contributed by atoms with Gasteiger partial charge in [0.05, 0.1) is 30.2 Å². The van der Waals surface area contributed by atoms with Crippen LogP contribution in [0.3, 0.4) is 0 Å². The fraction of sp³-hybridized carbons (Fsp3) is 0.500. The Morgan fingerprint density at radius 2 is 2.35 bits per heavy atom. The maximum Gasteiger partial charge on any atom is 0.0931 e. The van der Waals surface area contributed by atoms with Gasteiger partial charge in [0, 0.05) is 6.54 Å². The number of nitrogens with zero attached hydrogens (tertiary/aromatic N) is 2. The molecule has 2 rings (SSSR count). The van der Waals surface area contributed by atoms with E-state index in [2.05, 4.69) is 15.8 Å². The second kappa shape index (κ2) is 5.20. The number of anilines is 1. The van der Waals surface area contributed by atoms with Gasteiger partial charge in [0.25, 0.3) is 0 Å². The predicted octanol–water partition coefficient (Wildman–Crippen LogP) is 1.98. The van der Waals surface area contributed by atoms with Crippen molar-refractivity contribution in [2.24, 2.45) is 5.92 Å². The van der Waals surface area contributed by atoms with Gasteiger partial charge in [-0.15, -0.1) is 6.42 Å². The normalized spacial score (nSPS) is 16.3. The molecule has 1 aliphatic carbocycles. The van der Waals surface area contributed by atoms with Gasteiger partial charge in [0.1, 0.15) is 0 Å². The van der Waals surface area contributed by atoms with Gasteiger partial charge in [0.2, 0.25) is 0 Å². The number of hydrogen-bond donors (Lipinski definition) is 1. The summed E-state index contributed by atoms with van der Waals surface area (Å²) in [4.78, 5) is 6.43. The first kappa shape index (κ1) is 11.9. The zero-order valence-electron chi connectivity index (χ0n) is 10.1. The van der Waals surface area contributed by atoms with Crippen molar-refractivity contribution in [3.63, 3.8) is 0 Å². The lowest BCUT2D eigenvalue weighted by molar-refractivity contribution is 0.194. The van der Waals surface area contributed by atoms with E-state index in [9.17, 15) is 5.11 Å². The average Bonchev–Trinajstić information content (AvgIpc) is 3.13. The van der Waals surface area contributed by atoms with Crippen molar-refractivity contribution in [1.29, 1.82) is 0 Å². The highest BCUT2D eigenvalue weighted by atomic mass is 16.3. The molecule has 1 N–H and O–H groups in total. The van der Waals surface area contributed by atoms with Gasteiger partial charge in [-0.2, -0.15) is 0 Å². The fourth-order valence-electron chi connectivity index (χ4n) is 1.82. The van der Waals surface area contributed by atoms with E-state index in [1.54, 1.807) is 13.1 Å². The van der Waals surface area contributed by atoms with E-state index in [0.29, 0.717) is 12.2 Å². The molecule has 0 unspecified atom stereocenters. The van der Waals surface area contributed by atoms with E-state index in [4.69, 9.17) is 6.42 Å². The summed E-state index contributed by atoms with van der Waals surface area (Å²) in [5.41, 5.74) is 1.74. The van der Waals surface area contributed by atoms with Gasteiger partial charge in [-0.3, -0.25) is 4.98 Å². The zero-order valence-corrected chi connectivity index (χ0v) is 10.1. The highest BCUT2D eigenvalue weighted by Gasteiger charge is 2.24. The molecule has 3 nitrogen and oxygen atoms in total. The molecule has 3 heteroatoms. The average molecular weight is 230 g/mol. The largest absolute Gasteiger partial charge is 0.387 e. The van der Waals surface area contributed by atoms with Crippen molar-refractivity contribution in [1.82, 2.24) is 4.98 Å². The predicted molar refractivity (Wildman–Crippen MR) is 68.6 cm³/mol.